The topological polar surface area (TPSA) is 38.4 Å². The Hall–Kier alpha value is -0.380. The number of amidine groups is 1. The van der Waals surface area contributed by atoms with Crippen LogP contribution in [0.25, 0.3) is 0 Å². The fraction of sp³-hybridized carbons (Fsp3) is 0.222. The molecular weight excluding hydrogens is 239 g/mol. The largest absolute Gasteiger partial charge is 0.379 e. The van der Waals surface area contributed by atoms with Crippen molar-refractivity contribution in [2.24, 2.45) is 10.7 Å². The maximum absolute atomic E-state index is 5.98. The Morgan fingerprint density at radius 2 is 2.00 bits per heavy atom. The van der Waals surface area contributed by atoms with E-state index in [1.807, 2.05) is 18.2 Å². The first-order valence-electron chi connectivity index (χ1n) is 3.93. The molecule has 0 aliphatic carbocycles. The van der Waals surface area contributed by atoms with Crippen LogP contribution in [0.15, 0.2) is 23.2 Å². The zero-order valence-electron chi connectivity index (χ0n) is 7.63. The molecule has 2 N–H and O–H groups in total. The maximum atomic E-state index is 5.98. The first-order chi connectivity index (χ1) is 6.65. The average Bonchev–Trinajstić information content (AvgIpc) is 2.16. The van der Waals surface area contributed by atoms with Crippen molar-refractivity contribution in [1.29, 1.82) is 0 Å². The van der Waals surface area contributed by atoms with Gasteiger partial charge in [-0.1, -0.05) is 41.0 Å². The number of thioether (sulfide) groups is 1. The zero-order valence-corrected chi connectivity index (χ0v) is 9.96. The molecule has 1 aromatic carbocycles. The fourth-order valence-electron chi connectivity index (χ4n) is 0.881. The highest BCUT2D eigenvalue weighted by molar-refractivity contribution is 8.13. The molecule has 0 heterocycles. The second kappa shape index (κ2) is 5.49. The van der Waals surface area contributed by atoms with Gasteiger partial charge < -0.3 is 5.73 Å². The van der Waals surface area contributed by atoms with Crippen LogP contribution < -0.4 is 5.73 Å². The molecule has 0 bridgehead atoms. The Morgan fingerprint density at radius 1 is 1.43 bits per heavy atom. The van der Waals surface area contributed by atoms with Crippen molar-refractivity contribution in [1.82, 2.24) is 0 Å². The minimum atomic E-state index is 0.529. The van der Waals surface area contributed by atoms with Crippen molar-refractivity contribution in [3.05, 3.63) is 33.8 Å². The monoisotopic (exact) mass is 248 g/mol. The molecule has 0 saturated heterocycles. The summed E-state index contributed by atoms with van der Waals surface area (Å²) in [7, 11) is 1.65. The fourth-order valence-corrected chi connectivity index (χ4v) is 2.30. The number of aliphatic imine (C=N–C) groups is 1. The van der Waals surface area contributed by atoms with Crippen molar-refractivity contribution in [2.75, 3.05) is 7.05 Å². The van der Waals surface area contributed by atoms with Gasteiger partial charge in [-0.25, -0.2) is 0 Å². The number of rotatable bonds is 2. The zero-order chi connectivity index (χ0) is 10.6. The molecule has 5 heteroatoms. The lowest BCUT2D eigenvalue weighted by atomic mass is 10.2. The maximum Gasteiger partial charge on any atom is 0.153 e. The van der Waals surface area contributed by atoms with Gasteiger partial charge in [0.2, 0.25) is 0 Å². The molecule has 14 heavy (non-hydrogen) atoms. The summed E-state index contributed by atoms with van der Waals surface area (Å²) in [6.07, 6.45) is 0. The van der Waals surface area contributed by atoms with Crippen LogP contribution in [-0.2, 0) is 5.75 Å². The second-order valence-corrected chi connectivity index (χ2v) is 4.36. The molecule has 2 nitrogen and oxygen atoms in total. The highest BCUT2D eigenvalue weighted by Crippen LogP contribution is 2.27. The highest BCUT2D eigenvalue weighted by atomic mass is 35.5. The van der Waals surface area contributed by atoms with Gasteiger partial charge in [-0.15, -0.1) is 0 Å². The number of nitrogens with two attached hydrogens (primary N) is 1. The van der Waals surface area contributed by atoms with Crippen LogP contribution in [-0.4, -0.2) is 12.2 Å². The number of hydrogen-bond donors (Lipinski definition) is 1. The van der Waals surface area contributed by atoms with Crippen LogP contribution in [0, 0.1) is 0 Å². The summed E-state index contributed by atoms with van der Waals surface area (Å²) in [6, 6.07) is 5.43. The predicted molar refractivity (Wildman–Crippen MR) is 65.3 cm³/mol. The molecule has 0 radical (unpaired) electrons. The Bertz CT molecular complexity index is 332. The van der Waals surface area contributed by atoms with Crippen molar-refractivity contribution in [3.8, 4) is 0 Å². The average molecular weight is 249 g/mol. The van der Waals surface area contributed by atoms with Crippen LogP contribution in [0.3, 0.4) is 0 Å². The molecule has 0 fully saturated rings. The second-order valence-electron chi connectivity index (χ2n) is 2.55. The lowest BCUT2D eigenvalue weighted by Gasteiger charge is -2.05. The SMILES string of the molecule is CN=C(N)SCc1c(Cl)cccc1Cl. The van der Waals surface area contributed by atoms with Crippen LogP contribution in [0.1, 0.15) is 5.56 Å². The van der Waals surface area contributed by atoms with Gasteiger partial charge in [-0.05, 0) is 17.7 Å². The van der Waals surface area contributed by atoms with E-state index in [0.29, 0.717) is 21.0 Å². The summed E-state index contributed by atoms with van der Waals surface area (Å²) in [4.78, 5) is 3.83. The smallest absolute Gasteiger partial charge is 0.153 e. The van der Waals surface area contributed by atoms with Gasteiger partial charge in [0.1, 0.15) is 0 Å². The molecule has 76 valence electrons. The van der Waals surface area contributed by atoms with Gasteiger partial charge in [0, 0.05) is 22.8 Å². The Balaban J connectivity index is 2.76. The summed E-state index contributed by atoms with van der Waals surface area (Å²) < 4.78 is 0. The van der Waals surface area contributed by atoms with Crippen LogP contribution in [0.4, 0.5) is 0 Å². The van der Waals surface area contributed by atoms with Gasteiger partial charge in [-0.2, -0.15) is 0 Å². The summed E-state index contributed by atoms with van der Waals surface area (Å²) >= 11 is 13.4. The molecule has 1 aromatic rings. The summed E-state index contributed by atoms with van der Waals surface area (Å²) in [5, 5.41) is 1.85. The third-order valence-corrected chi connectivity index (χ3v) is 3.27. The van der Waals surface area contributed by atoms with Crippen molar-refractivity contribution < 1.29 is 0 Å². The Morgan fingerprint density at radius 3 is 2.50 bits per heavy atom. The van der Waals surface area contributed by atoms with E-state index >= 15 is 0 Å². The van der Waals surface area contributed by atoms with Gasteiger partial charge in [0.25, 0.3) is 0 Å². The third kappa shape index (κ3) is 3.08. The molecular formula is C9H10Cl2N2S. The standard InChI is InChI=1S/C9H10Cl2N2S/c1-13-9(12)14-5-6-7(10)3-2-4-8(6)11/h2-4H,5H2,1H3,(H2,12,13). The lowest BCUT2D eigenvalue weighted by Crippen LogP contribution is -2.06. The summed E-state index contributed by atoms with van der Waals surface area (Å²) in [5.41, 5.74) is 6.44. The number of benzene rings is 1. The number of halogens is 2. The van der Waals surface area contributed by atoms with Gasteiger partial charge >= 0.3 is 0 Å². The van der Waals surface area contributed by atoms with E-state index in [-0.39, 0.29) is 0 Å². The van der Waals surface area contributed by atoms with Gasteiger partial charge in [0.15, 0.2) is 5.17 Å². The predicted octanol–water partition coefficient (Wildman–Crippen LogP) is 3.17. The molecule has 0 amide bonds. The number of hydrogen-bond acceptors (Lipinski definition) is 2. The number of nitrogens with zero attached hydrogens (tertiary/aromatic N) is 1. The molecule has 0 aromatic heterocycles. The summed E-state index contributed by atoms with van der Waals surface area (Å²) in [6.45, 7) is 0. The molecule has 0 aliphatic rings. The third-order valence-electron chi connectivity index (χ3n) is 1.65. The molecule has 0 unspecified atom stereocenters. The molecule has 0 aliphatic heterocycles. The van der Waals surface area contributed by atoms with Crippen LogP contribution in [0.2, 0.25) is 10.0 Å². The first kappa shape index (κ1) is 11.7. The van der Waals surface area contributed by atoms with E-state index in [2.05, 4.69) is 4.99 Å². The quantitative estimate of drug-likeness (QED) is 0.645. The Kier molecular flexibility index (Phi) is 4.58. The van der Waals surface area contributed by atoms with Crippen LogP contribution >= 0.6 is 35.0 Å². The lowest BCUT2D eigenvalue weighted by molar-refractivity contribution is 1.41. The minimum Gasteiger partial charge on any atom is -0.379 e. The minimum absolute atomic E-state index is 0.529. The summed E-state index contributed by atoms with van der Waals surface area (Å²) in [5.74, 6) is 0.641. The van der Waals surface area contributed by atoms with E-state index in [1.54, 1.807) is 7.05 Å². The van der Waals surface area contributed by atoms with Gasteiger partial charge in [0.05, 0.1) is 0 Å². The van der Waals surface area contributed by atoms with Crippen molar-refractivity contribution >= 4 is 40.1 Å². The molecule has 0 saturated carbocycles. The van der Waals surface area contributed by atoms with E-state index < -0.39 is 0 Å². The molecule has 0 atom stereocenters. The molecule has 0 spiro atoms. The Labute approximate surface area is 97.5 Å². The molecule has 1 rings (SSSR count). The van der Waals surface area contributed by atoms with Crippen LogP contribution in [0.5, 0.6) is 0 Å². The first-order valence-corrected chi connectivity index (χ1v) is 5.67. The van der Waals surface area contributed by atoms with E-state index in [9.17, 15) is 0 Å². The highest BCUT2D eigenvalue weighted by Gasteiger charge is 2.05. The normalized spacial score (nSPS) is 11.8. The van der Waals surface area contributed by atoms with Crippen molar-refractivity contribution in [2.45, 2.75) is 5.75 Å². The van der Waals surface area contributed by atoms with E-state index in [0.717, 1.165) is 5.56 Å². The van der Waals surface area contributed by atoms with E-state index in [1.165, 1.54) is 11.8 Å². The van der Waals surface area contributed by atoms with Gasteiger partial charge in [-0.3, -0.25) is 4.99 Å². The van der Waals surface area contributed by atoms with E-state index in [4.69, 9.17) is 28.9 Å². The van der Waals surface area contributed by atoms with Crippen molar-refractivity contribution in [3.63, 3.8) is 0 Å².